The van der Waals surface area contributed by atoms with Crippen molar-refractivity contribution in [3.05, 3.63) is 34.9 Å². The Morgan fingerprint density at radius 1 is 1.27 bits per heavy atom. The minimum atomic E-state index is 0.0535. The summed E-state index contributed by atoms with van der Waals surface area (Å²) in [6, 6.07) is 7.82. The van der Waals surface area contributed by atoms with E-state index < -0.39 is 0 Å². The maximum absolute atomic E-state index is 12.3. The number of amides is 1. The lowest BCUT2D eigenvalue weighted by Crippen LogP contribution is -2.33. The minimum absolute atomic E-state index is 0.0535. The van der Waals surface area contributed by atoms with Crippen molar-refractivity contribution in [3.63, 3.8) is 0 Å². The summed E-state index contributed by atoms with van der Waals surface area (Å²) in [6.45, 7) is 6.44. The van der Waals surface area contributed by atoms with Gasteiger partial charge < -0.3 is 10.6 Å². The highest BCUT2D eigenvalue weighted by Gasteiger charge is 2.20. The van der Waals surface area contributed by atoms with E-state index in [-0.39, 0.29) is 11.9 Å². The Morgan fingerprint density at radius 3 is 2.50 bits per heavy atom. The van der Waals surface area contributed by atoms with Crippen LogP contribution in [0.2, 0.25) is 5.02 Å². The van der Waals surface area contributed by atoms with E-state index in [9.17, 15) is 4.79 Å². The molecule has 0 saturated carbocycles. The van der Waals surface area contributed by atoms with Crippen LogP contribution in [-0.2, 0) is 4.79 Å². The van der Waals surface area contributed by atoms with Gasteiger partial charge in [0, 0.05) is 11.4 Å². The third-order valence-corrected chi connectivity index (χ3v) is 4.70. The summed E-state index contributed by atoms with van der Waals surface area (Å²) in [6.07, 6.45) is 4.01. The summed E-state index contributed by atoms with van der Waals surface area (Å²) in [5.74, 6) is 1.20. The average Bonchev–Trinajstić information content (AvgIpc) is 2.52. The molecule has 0 radical (unpaired) electrons. The van der Waals surface area contributed by atoms with Gasteiger partial charge in [-0.15, -0.1) is 0 Å². The van der Waals surface area contributed by atoms with Crippen LogP contribution in [-0.4, -0.2) is 19.0 Å². The molecule has 1 heterocycles. The Hall–Kier alpha value is -1.06. The number of benzene rings is 1. The molecule has 0 aromatic heterocycles. The smallest absolute Gasteiger partial charge is 0.220 e. The van der Waals surface area contributed by atoms with E-state index in [1.165, 1.54) is 12.8 Å². The zero-order valence-electron chi connectivity index (χ0n) is 13.6. The van der Waals surface area contributed by atoms with Crippen LogP contribution < -0.4 is 10.6 Å². The Labute approximate surface area is 138 Å². The van der Waals surface area contributed by atoms with Gasteiger partial charge in [0.2, 0.25) is 5.91 Å². The molecule has 0 bridgehead atoms. The molecule has 1 unspecified atom stereocenters. The van der Waals surface area contributed by atoms with Crippen LogP contribution in [0.3, 0.4) is 0 Å². The molecule has 1 amide bonds. The molecule has 1 fully saturated rings. The maximum Gasteiger partial charge on any atom is 0.220 e. The Balaban J connectivity index is 1.87. The fraction of sp³-hybridized carbons (Fsp3) is 0.611. The molecular formula is C18H27ClN2O. The lowest BCUT2D eigenvalue weighted by Gasteiger charge is -2.25. The average molecular weight is 323 g/mol. The first-order chi connectivity index (χ1) is 10.6. The Kier molecular flexibility index (Phi) is 6.71. The number of carbonyl (C=O) groups excluding carboxylic acids is 1. The number of hydrogen-bond donors (Lipinski definition) is 2. The van der Waals surface area contributed by atoms with Crippen LogP contribution >= 0.6 is 11.6 Å². The second-order valence-electron chi connectivity index (χ2n) is 6.57. The molecule has 1 aliphatic rings. The van der Waals surface area contributed by atoms with E-state index in [4.69, 9.17) is 11.6 Å². The second-order valence-corrected chi connectivity index (χ2v) is 7.01. The number of carbonyl (C=O) groups is 1. The van der Waals surface area contributed by atoms with Gasteiger partial charge in [-0.25, -0.2) is 0 Å². The summed E-state index contributed by atoms with van der Waals surface area (Å²) in [5.41, 5.74) is 1.12. The first-order valence-corrected chi connectivity index (χ1v) is 8.69. The standard InChI is InChI=1S/C18H27ClN2O/c1-13(2)18(15-4-6-16(19)7-5-15)21-17(22)8-3-14-9-11-20-12-10-14/h4-7,13-14,18,20H,3,8-12H2,1-2H3,(H,21,22). The van der Waals surface area contributed by atoms with Crippen LogP contribution in [0.4, 0.5) is 0 Å². The van der Waals surface area contributed by atoms with Crippen LogP contribution in [0.5, 0.6) is 0 Å². The molecule has 1 aromatic rings. The number of hydrogen-bond acceptors (Lipinski definition) is 2. The molecule has 122 valence electrons. The molecule has 1 aliphatic heterocycles. The number of rotatable bonds is 6. The fourth-order valence-electron chi connectivity index (χ4n) is 3.06. The van der Waals surface area contributed by atoms with E-state index >= 15 is 0 Å². The van der Waals surface area contributed by atoms with Gasteiger partial charge >= 0.3 is 0 Å². The summed E-state index contributed by atoms with van der Waals surface area (Å²) < 4.78 is 0. The van der Waals surface area contributed by atoms with Crippen molar-refractivity contribution in [1.29, 1.82) is 0 Å². The molecule has 2 rings (SSSR count). The topological polar surface area (TPSA) is 41.1 Å². The van der Waals surface area contributed by atoms with Crippen molar-refractivity contribution in [1.82, 2.24) is 10.6 Å². The van der Waals surface area contributed by atoms with Crippen LogP contribution in [0.1, 0.15) is 51.1 Å². The first-order valence-electron chi connectivity index (χ1n) is 8.32. The normalized spacial score (nSPS) is 17.5. The van der Waals surface area contributed by atoms with Gasteiger partial charge in [-0.3, -0.25) is 4.79 Å². The highest BCUT2D eigenvalue weighted by molar-refractivity contribution is 6.30. The van der Waals surface area contributed by atoms with Gasteiger partial charge in [0.05, 0.1) is 6.04 Å². The van der Waals surface area contributed by atoms with Crippen molar-refractivity contribution >= 4 is 17.5 Å². The van der Waals surface area contributed by atoms with E-state index in [0.29, 0.717) is 18.3 Å². The van der Waals surface area contributed by atoms with Crippen molar-refractivity contribution in [3.8, 4) is 0 Å². The molecule has 1 atom stereocenters. The van der Waals surface area contributed by atoms with Gasteiger partial charge in [0.15, 0.2) is 0 Å². The van der Waals surface area contributed by atoms with Crippen molar-refractivity contribution in [2.75, 3.05) is 13.1 Å². The zero-order valence-corrected chi connectivity index (χ0v) is 14.3. The van der Waals surface area contributed by atoms with Crippen molar-refractivity contribution in [2.24, 2.45) is 11.8 Å². The molecule has 0 aliphatic carbocycles. The molecule has 3 nitrogen and oxygen atoms in total. The van der Waals surface area contributed by atoms with E-state index in [1.54, 1.807) is 0 Å². The molecule has 0 spiro atoms. The van der Waals surface area contributed by atoms with Gasteiger partial charge in [0.25, 0.3) is 0 Å². The molecule has 2 N–H and O–H groups in total. The second kappa shape index (κ2) is 8.54. The monoisotopic (exact) mass is 322 g/mol. The van der Waals surface area contributed by atoms with Crippen LogP contribution in [0.25, 0.3) is 0 Å². The van der Waals surface area contributed by atoms with E-state index in [2.05, 4.69) is 24.5 Å². The van der Waals surface area contributed by atoms with Crippen molar-refractivity contribution < 1.29 is 4.79 Å². The predicted octanol–water partition coefficient (Wildman–Crippen LogP) is 3.93. The van der Waals surface area contributed by atoms with Gasteiger partial charge in [0.1, 0.15) is 0 Å². The number of nitrogens with one attached hydrogen (secondary N) is 2. The molecular weight excluding hydrogens is 296 g/mol. The van der Waals surface area contributed by atoms with Gasteiger partial charge in [-0.05, 0) is 61.9 Å². The predicted molar refractivity (Wildman–Crippen MR) is 92.0 cm³/mol. The summed E-state index contributed by atoms with van der Waals surface area (Å²) in [5, 5.41) is 7.28. The number of piperidine rings is 1. The molecule has 1 saturated heterocycles. The SMILES string of the molecule is CC(C)C(NC(=O)CCC1CCNCC1)c1ccc(Cl)cc1. The van der Waals surface area contributed by atoms with Gasteiger partial charge in [-0.2, -0.15) is 0 Å². The maximum atomic E-state index is 12.3. The highest BCUT2D eigenvalue weighted by atomic mass is 35.5. The summed E-state index contributed by atoms with van der Waals surface area (Å²) >= 11 is 5.94. The Morgan fingerprint density at radius 2 is 1.91 bits per heavy atom. The molecule has 4 heteroatoms. The third-order valence-electron chi connectivity index (χ3n) is 4.45. The van der Waals surface area contributed by atoms with Crippen LogP contribution in [0.15, 0.2) is 24.3 Å². The Bertz CT molecular complexity index is 466. The van der Waals surface area contributed by atoms with Crippen molar-refractivity contribution in [2.45, 2.75) is 45.6 Å². The minimum Gasteiger partial charge on any atom is -0.349 e. The van der Waals surface area contributed by atoms with E-state index in [1.807, 2.05) is 24.3 Å². The van der Waals surface area contributed by atoms with Crippen LogP contribution in [0, 0.1) is 11.8 Å². The van der Waals surface area contributed by atoms with Gasteiger partial charge in [-0.1, -0.05) is 37.6 Å². The summed E-state index contributed by atoms with van der Waals surface area (Å²) in [4.78, 5) is 12.3. The first kappa shape index (κ1) is 17.3. The lowest BCUT2D eigenvalue weighted by atomic mass is 9.92. The highest BCUT2D eigenvalue weighted by Crippen LogP contribution is 2.24. The summed E-state index contributed by atoms with van der Waals surface area (Å²) in [7, 11) is 0. The zero-order chi connectivity index (χ0) is 15.9. The quantitative estimate of drug-likeness (QED) is 0.833. The molecule has 1 aromatic carbocycles. The molecule has 22 heavy (non-hydrogen) atoms. The third kappa shape index (κ3) is 5.29. The lowest BCUT2D eigenvalue weighted by molar-refractivity contribution is -0.122. The number of halogens is 1. The largest absolute Gasteiger partial charge is 0.349 e. The fourth-order valence-corrected chi connectivity index (χ4v) is 3.18. The van der Waals surface area contributed by atoms with E-state index in [0.717, 1.165) is 30.1 Å².